The summed E-state index contributed by atoms with van der Waals surface area (Å²) in [4.78, 5) is 4.99. The Balaban J connectivity index is 4.70. The van der Waals surface area contributed by atoms with Crippen LogP contribution in [0, 0.1) is 0 Å². The Labute approximate surface area is 181 Å². The van der Waals surface area contributed by atoms with Crippen LogP contribution in [0.5, 0.6) is 0 Å². The van der Waals surface area contributed by atoms with Gasteiger partial charge in [0.05, 0.1) is 0 Å². The maximum Gasteiger partial charge on any atom is 0.500 e. The van der Waals surface area contributed by atoms with Crippen molar-refractivity contribution >= 4 is 17.6 Å². The molecule has 0 atom stereocenters. The molecule has 0 saturated heterocycles. The smallest absolute Gasteiger partial charge is 0.377 e. The Morgan fingerprint density at radius 3 is 1.10 bits per heavy atom. The van der Waals surface area contributed by atoms with E-state index in [1.807, 2.05) is 0 Å². The van der Waals surface area contributed by atoms with Crippen LogP contribution in [0.25, 0.3) is 0 Å². The summed E-state index contributed by atoms with van der Waals surface area (Å²) in [7, 11) is 5.01. The van der Waals surface area contributed by atoms with Crippen molar-refractivity contribution in [3.63, 3.8) is 0 Å². The number of hydrogen-bond acceptors (Lipinski definition) is 8. The van der Waals surface area contributed by atoms with E-state index in [0.29, 0.717) is 0 Å². The molecule has 176 valence electrons. The first-order chi connectivity index (χ1) is 13.9. The van der Waals surface area contributed by atoms with E-state index in [1.54, 1.807) is 42.7 Å². The summed E-state index contributed by atoms with van der Waals surface area (Å²) in [5.41, 5.74) is 0. The normalized spacial score (nSPS) is 13.0. The maximum atomic E-state index is 5.55. The minimum Gasteiger partial charge on any atom is -0.377 e. The Morgan fingerprint density at radius 1 is 0.483 bits per heavy atom. The van der Waals surface area contributed by atoms with Crippen LogP contribution >= 0.6 is 0 Å². The third-order valence-electron chi connectivity index (χ3n) is 5.62. The van der Waals surface area contributed by atoms with Crippen LogP contribution in [-0.4, -0.2) is 109 Å². The lowest BCUT2D eigenvalue weighted by molar-refractivity contribution is 0.119. The first-order valence-electron chi connectivity index (χ1n) is 10.7. The zero-order valence-corrected chi connectivity index (χ0v) is 22.1. The van der Waals surface area contributed by atoms with Gasteiger partial charge in [0.25, 0.3) is 0 Å². The van der Waals surface area contributed by atoms with Crippen molar-refractivity contribution in [3.05, 3.63) is 0 Å². The monoisotopic (exact) mass is 454 g/mol. The van der Waals surface area contributed by atoms with Crippen LogP contribution in [-0.2, 0) is 26.6 Å². The van der Waals surface area contributed by atoms with Crippen molar-refractivity contribution in [2.75, 3.05) is 81.9 Å². The van der Waals surface area contributed by atoms with Crippen LogP contribution in [0.1, 0.15) is 33.1 Å². The summed E-state index contributed by atoms with van der Waals surface area (Å²) < 4.78 is 33.3. The molecule has 0 spiro atoms. The highest BCUT2D eigenvalue weighted by molar-refractivity contribution is 6.60. The van der Waals surface area contributed by atoms with Crippen molar-refractivity contribution in [1.29, 1.82) is 0 Å². The highest BCUT2D eigenvalue weighted by atomic mass is 28.4. The fourth-order valence-electron chi connectivity index (χ4n) is 3.54. The average Bonchev–Trinajstić information content (AvgIpc) is 2.77. The third kappa shape index (κ3) is 10.8. The Hall–Kier alpha value is 0.114. The van der Waals surface area contributed by atoms with Crippen LogP contribution in [0.4, 0.5) is 0 Å². The number of rotatable bonds is 20. The van der Waals surface area contributed by atoms with Crippen molar-refractivity contribution in [3.8, 4) is 0 Å². The van der Waals surface area contributed by atoms with Crippen molar-refractivity contribution in [1.82, 2.24) is 9.80 Å². The molecule has 0 amide bonds. The molecule has 0 unspecified atom stereocenters. The van der Waals surface area contributed by atoms with Gasteiger partial charge >= 0.3 is 17.6 Å². The van der Waals surface area contributed by atoms with E-state index in [2.05, 4.69) is 23.6 Å². The van der Waals surface area contributed by atoms with Gasteiger partial charge in [0.1, 0.15) is 0 Å². The fourth-order valence-corrected chi connectivity index (χ4v) is 6.95. The van der Waals surface area contributed by atoms with E-state index in [1.165, 1.54) is 0 Å². The highest BCUT2D eigenvalue weighted by Gasteiger charge is 2.38. The van der Waals surface area contributed by atoms with Crippen molar-refractivity contribution in [2.45, 2.75) is 45.2 Å². The zero-order chi connectivity index (χ0) is 22.2. The van der Waals surface area contributed by atoms with Crippen LogP contribution in [0.15, 0.2) is 0 Å². The minimum absolute atomic E-state index is 0.815. The molecule has 0 aromatic rings. The quantitative estimate of drug-likeness (QED) is 0.260. The summed E-state index contributed by atoms with van der Waals surface area (Å²) in [5.74, 6) is 0. The van der Waals surface area contributed by atoms with Crippen LogP contribution in [0.2, 0.25) is 12.1 Å². The summed E-state index contributed by atoms with van der Waals surface area (Å²) in [5, 5.41) is 0. The molecule has 8 nitrogen and oxygen atoms in total. The number of hydrogen-bond donors (Lipinski definition) is 0. The molecule has 0 aliphatic heterocycles. The molecule has 0 rings (SSSR count). The van der Waals surface area contributed by atoms with Gasteiger partial charge in [-0.15, -0.1) is 0 Å². The second kappa shape index (κ2) is 16.8. The first kappa shape index (κ1) is 29.1. The lowest BCUT2D eigenvalue weighted by atomic mass is 10.3. The molecule has 0 aromatic heterocycles. The van der Waals surface area contributed by atoms with Gasteiger partial charge in [-0.1, -0.05) is 13.8 Å². The fraction of sp³-hybridized carbons (Fsp3) is 1.00. The largest absolute Gasteiger partial charge is 0.500 e. The van der Waals surface area contributed by atoms with Gasteiger partial charge in [-0.25, -0.2) is 0 Å². The number of nitrogens with zero attached hydrogens (tertiary/aromatic N) is 2. The second-order valence-corrected chi connectivity index (χ2v) is 13.2. The van der Waals surface area contributed by atoms with Gasteiger partial charge in [-0.3, -0.25) is 0 Å². The average molecular weight is 455 g/mol. The highest BCUT2D eigenvalue weighted by Crippen LogP contribution is 2.18. The SMILES string of the molecule is CCN(CC)CCCN(CCC[Si](OC)(OC)OC)CCC[Si](OC)(OC)OC. The molecule has 10 heteroatoms. The molecule has 0 bridgehead atoms. The van der Waals surface area contributed by atoms with Gasteiger partial charge in [0.2, 0.25) is 0 Å². The molecule has 0 N–H and O–H groups in total. The van der Waals surface area contributed by atoms with E-state index < -0.39 is 17.6 Å². The Morgan fingerprint density at radius 2 is 0.793 bits per heavy atom. The standard InChI is InChI=1S/C19H46N2O6Si2/c1-9-20(10-2)14-11-15-21(16-12-18-28(22-3,23-4)24-5)17-13-19-29(25-6,26-7)27-8/h9-19H2,1-8H3. The second-order valence-electron chi connectivity index (χ2n) is 7.02. The molecule has 0 heterocycles. The molecular weight excluding hydrogens is 408 g/mol. The molecule has 0 aliphatic carbocycles. The molecule has 29 heavy (non-hydrogen) atoms. The summed E-state index contributed by atoms with van der Waals surface area (Å²) in [6, 6.07) is 1.63. The topological polar surface area (TPSA) is 61.9 Å². The molecule has 0 saturated carbocycles. The molecular formula is C19H46N2O6Si2. The maximum absolute atomic E-state index is 5.55. The van der Waals surface area contributed by atoms with Gasteiger partial charge in [-0.05, 0) is 58.5 Å². The van der Waals surface area contributed by atoms with E-state index in [0.717, 1.165) is 70.6 Å². The van der Waals surface area contributed by atoms with Crippen molar-refractivity contribution < 1.29 is 26.6 Å². The van der Waals surface area contributed by atoms with Gasteiger partial charge in [-0.2, -0.15) is 0 Å². The van der Waals surface area contributed by atoms with E-state index >= 15 is 0 Å². The Bertz CT molecular complexity index is 341. The lowest BCUT2D eigenvalue weighted by Gasteiger charge is -2.29. The Kier molecular flexibility index (Phi) is 16.8. The lowest BCUT2D eigenvalue weighted by Crippen LogP contribution is -2.44. The van der Waals surface area contributed by atoms with Gasteiger partial charge in [0, 0.05) is 54.7 Å². The predicted octanol–water partition coefficient (Wildman–Crippen LogP) is 2.56. The van der Waals surface area contributed by atoms with Crippen LogP contribution < -0.4 is 0 Å². The minimum atomic E-state index is -2.51. The predicted molar refractivity (Wildman–Crippen MR) is 121 cm³/mol. The van der Waals surface area contributed by atoms with Gasteiger partial charge in [0.15, 0.2) is 0 Å². The van der Waals surface area contributed by atoms with E-state index in [-0.39, 0.29) is 0 Å². The van der Waals surface area contributed by atoms with E-state index in [4.69, 9.17) is 26.6 Å². The molecule has 0 radical (unpaired) electrons. The summed E-state index contributed by atoms with van der Waals surface area (Å²) >= 11 is 0. The van der Waals surface area contributed by atoms with Gasteiger partial charge < -0.3 is 36.4 Å². The summed E-state index contributed by atoms with van der Waals surface area (Å²) in [6.45, 7) is 10.8. The molecule has 0 aromatic carbocycles. The third-order valence-corrected chi connectivity index (χ3v) is 11.3. The molecule has 0 fully saturated rings. The molecule has 0 aliphatic rings. The van der Waals surface area contributed by atoms with E-state index in [9.17, 15) is 0 Å². The zero-order valence-electron chi connectivity index (χ0n) is 20.1. The summed E-state index contributed by atoms with van der Waals surface area (Å²) in [6.07, 6.45) is 3.12. The van der Waals surface area contributed by atoms with Crippen LogP contribution in [0.3, 0.4) is 0 Å². The first-order valence-corrected chi connectivity index (χ1v) is 14.6. The van der Waals surface area contributed by atoms with Crippen molar-refractivity contribution in [2.24, 2.45) is 0 Å².